The molecule has 0 spiro atoms. The molecule has 1 aliphatic heterocycles. The number of carbonyl (C=O) groups is 1. The van der Waals surface area contributed by atoms with Gasteiger partial charge >= 0.3 is 0 Å². The molecule has 0 amide bonds. The molecule has 0 radical (unpaired) electrons. The van der Waals surface area contributed by atoms with E-state index in [1.54, 1.807) is 6.92 Å². The van der Waals surface area contributed by atoms with Crippen LogP contribution in [0.25, 0.3) is 0 Å². The van der Waals surface area contributed by atoms with Crippen LogP contribution < -0.4 is 0 Å². The van der Waals surface area contributed by atoms with Gasteiger partial charge in [-0.05, 0) is 24.5 Å². The Hall–Kier alpha value is -2.23. The Balaban J connectivity index is 2.08. The molecule has 0 fully saturated rings. The minimum atomic E-state index is -0.181. The van der Waals surface area contributed by atoms with Gasteiger partial charge in [0.2, 0.25) is 11.6 Å². The predicted molar refractivity (Wildman–Crippen MR) is 81.4 cm³/mol. The van der Waals surface area contributed by atoms with Gasteiger partial charge in [0.05, 0.1) is 6.04 Å². The third-order valence-electron chi connectivity index (χ3n) is 4.01. The molecule has 1 aromatic carbocycles. The second-order valence-electron chi connectivity index (χ2n) is 6.33. The first kappa shape index (κ1) is 13.7. The number of nitrogens with zero attached hydrogens (tertiary/aromatic N) is 3. The van der Waals surface area contributed by atoms with E-state index >= 15 is 0 Å². The maximum atomic E-state index is 12.1. The van der Waals surface area contributed by atoms with E-state index in [1.807, 2.05) is 22.9 Å². The Kier molecular flexibility index (Phi) is 3.04. The molecule has 1 atom stereocenters. The summed E-state index contributed by atoms with van der Waals surface area (Å²) in [6.45, 7) is 9.67. The minimum Gasteiger partial charge on any atom is -0.285 e. The molecule has 3 rings (SSSR count). The van der Waals surface area contributed by atoms with Crippen LogP contribution in [0.2, 0.25) is 0 Å². The smallest absolute Gasteiger partial charge is 0.227 e. The predicted octanol–water partition coefficient (Wildman–Crippen LogP) is 3.31. The summed E-state index contributed by atoms with van der Waals surface area (Å²) in [5.41, 5.74) is 1.57. The average molecular weight is 281 g/mol. The number of ketones is 1. The second-order valence-corrected chi connectivity index (χ2v) is 6.33. The Morgan fingerprint density at radius 1 is 1.33 bits per heavy atom. The molecular formula is C17H19N3O. The zero-order valence-electron chi connectivity index (χ0n) is 12.6. The molecule has 108 valence electrons. The van der Waals surface area contributed by atoms with Crippen LogP contribution in [0.15, 0.2) is 42.5 Å². The van der Waals surface area contributed by atoms with E-state index in [1.165, 1.54) is 5.56 Å². The number of Topliss-reactive ketones (excluding diaryl/α,β-unsaturated/α-hetero) is 1. The lowest BCUT2D eigenvalue weighted by Crippen LogP contribution is -2.15. The van der Waals surface area contributed by atoms with Crippen molar-refractivity contribution in [3.05, 3.63) is 59.7 Å². The molecule has 0 N–H and O–H groups in total. The number of carbonyl (C=O) groups excluding carboxylic acids is 1. The van der Waals surface area contributed by atoms with E-state index < -0.39 is 0 Å². The third kappa shape index (κ3) is 2.20. The number of hydrogen-bond acceptors (Lipinski definition) is 3. The van der Waals surface area contributed by atoms with Crippen LogP contribution in [0.5, 0.6) is 0 Å². The van der Waals surface area contributed by atoms with E-state index in [0.29, 0.717) is 5.57 Å². The molecule has 2 aromatic rings. The highest BCUT2D eigenvalue weighted by Crippen LogP contribution is 2.42. The maximum absolute atomic E-state index is 12.1. The number of hydrogen-bond donors (Lipinski definition) is 0. The topological polar surface area (TPSA) is 47.8 Å². The quantitative estimate of drug-likeness (QED) is 0.640. The van der Waals surface area contributed by atoms with Gasteiger partial charge in [0.15, 0.2) is 0 Å². The lowest BCUT2D eigenvalue weighted by atomic mass is 9.87. The maximum Gasteiger partial charge on any atom is 0.227 e. The molecule has 1 aliphatic rings. The number of aromatic nitrogens is 3. The van der Waals surface area contributed by atoms with Crippen molar-refractivity contribution in [3.63, 3.8) is 0 Å². The van der Waals surface area contributed by atoms with Crippen molar-refractivity contribution in [1.82, 2.24) is 14.8 Å². The van der Waals surface area contributed by atoms with Crippen molar-refractivity contribution >= 4 is 5.78 Å². The third-order valence-corrected chi connectivity index (χ3v) is 4.01. The van der Waals surface area contributed by atoms with Crippen molar-refractivity contribution in [3.8, 4) is 0 Å². The van der Waals surface area contributed by atoms with Crippen LogP contribution in [0.1, 0.15) is 55.2 Å². The second kappa shape index (κ2) is 4.65. The zero-order chi connectivity index (χ0) is 15.2. The number of benzene rings is 1. The molecule has 1 aromatic heterocycles. The monoisotopic (exact) mass is 281 g/mol. The molecule has 0 saturated heterocycles. The summed E-state index contributed by atoms with van der Waals surface area (Å²) in [7, 11) is 0. The highest BCUT2D eigenvalue weighted by molar-refractivity contribution is 6.05. The van der Waals surface area contributed by atoms with E-state index in [0.717, 1.165) is 12.2 Å². The SMILES string of the molecule is C=C(C)C(=O)c1nc2n(n1)C(c1ccccc1)CC2(C)C. The van der Waals surface area contributed by atoms with Crippen LogP contribution in [0.3, 0.4) is 0 Å². The Labute approximate surface area is 124 Å². The van der Waals surface area contributed by atoms with Gasteiger partial charge in [-0.2, -0.15) is 0 Å². The summed E-state index contributed by atoms with van der Waals surface area (Å²) >= 11 is 0. The van der Waals surface area contributed by atoms with Crippen molar-refractivity contribution in [2.45, 2.75) is 38.6 Å². The summed E-state index contributed by atoms with van der Waals surface area (Å²) in [4.78, 5) is 16.5. The molecule has 0 aliphatic carbocycles. The standard InChI is InChI=1S/C17H19N3O/c1-11(2)14(21)15-18-16-17(3,4)10-13(20(16)19-15)12-8-6-5-7-9-12/h5-9,13H,1,10H2,2-4H3. The lowest BCUT2D eigenvalue weighted by Gasteiger charge is -2.16. The van der Waals surface area contributed by atoms with Crippen LogP contribution >= 0.6 is 0 Å². The fraction of sp³-hybridized carbons (Fsp3) is 0.353. The molecule has 2 heterocycles. The minimum absolute atomic E-state index is 0.0961. The van der Waals surface area contributed by atoms with E-state index in [2.05, 4.69) is 42.6 Å². The molecule has 4 heteroatoms. The molecule has 0 bridgehead atoms. The number of allylic oxidation sites excluding steroid dienone is 1. The molecule has 0 saturated carbocycles. The zero-order valence-corrected chi connectivity index (χ0v) is 12.6. The average Bonchev–Trinajstić information content (AvgIpc) is 2.99. The van der Waals surface area contributed by atoms with Crippen molar-refractivity contribution in [2.75, 3.05) is 0 Å². The summed E-state index contributed by atoms with van der Waals surface area (Å²) in [5, 5.41) is 4.46. The Bertz CT molecular complexity index is 713. The molecule has 1 unspecified atom stereocenters. The van der Waals surface area contributed by atoms with Gasteiger partial charge in [0.25, 0.3) is 0 Å². The van der Waals surface area contributed by atoms with Crippen molar-refractivity contribution in [2.24, 2.45) is 0 Å². The summed E-state index contributed by atoms with van der Waals surface area (Å²) < 4.78 is 1.91. The van der Waals surface area contributed by atoms with Gasteiger partial charge in [0, 0.05) is 5.41 Å². The normalized spacial score (nSPS) is 19.3. The van der Waals surface area contributed by atoms with E-state index in [4.69, 9.17) is 0 Å². The fourth-order valence-corrected chi connectivity index (χ4v) is 2.88. The Morgan fingerprint density at radius 2 is 2.00 bits per heavy atom. The fourth-order valence-electron chi connectivity index (χ4n) is 2.88. The van der Waals surface area contributed by atoms with Gasteiger partial charge in [-0.3, -0.25) is 4.79 Å². The van der Waals surface area contributed by atoms with Crippen molar-refractivity contribution in [1.29, 1.82) is 0 Å². The van der Waals surface area contributed by atoms with Gasteiger partial charge < -0.3 is 0 Å². The largest absolute Gasteiger partial charge is 0.285 e. The van der Waals surface area contributed by atoms with Crippen LogP contribution in [0.4, 0.5) is 0 Å². The summed E-state index contributed by atoms with van der Waals surface area (Å²) in [6.07, 6.45) is 0.938. The first-order valence-corrected chi connectivity index (χ1v) is 7.12. The summed E-state index contributed by atoms with van der Waals surface area (Å²) in [6, 6.07) is 10.4. The van der Waals surface area contributed by atoms with Crippen LogP contribution in [0, 0.1) is 0 Å². The number of fused-ring (bicyclic) bond motifs is 1. The number of rotatable bonds is 3. The Morgan fingerprint density at radius 3 is 2.62 bits per heavy atom. The molecule has 21 heavy (non-hydrogen) atoms. The van der Waals surface area contributed by atoms with E-state index in [9.17, 15) is 4.79 Å². The van der Waals surface area contributed by atoms with Gasteiger partial charge in [-0.25, -0.2) is 9.67 Å². The van der Waals surface area contributed by atoms with Crippen molar-refractivity contribution < 1.29 is 4.79 Å². The lowest BCUT2D eigenvalue weighted by molar-refractivity contribution is 0.102. The highest BCUT2D eigenvalue weighted by Gasteiger charge is 2.41. The first-order valence-electron chi connectivity index (χ1n) is 7.12. The highest BCUT2D eigenvalue weighted by atomic mass is 16.1. The molecular weight excluding hydrogens is 262 g/mol. The first-order chi connectivity index (χ1) is 9.90. The van der Waals surface area contributed by atoms with Crippen LogP contribution in [-0.4, -0.2) is 20.5 Å². The summed E-state index contributed by atoms with van der Waals surface area (Å²) in [5.74, 6) is 0.951. The van der Waals surface area contributed by atoms with Crippen LogP contribution in [-0.2, 0) is 5.41 Å². The van der Waals surface area contributed by atoms with E-state index in [-0.39, 0.29) is 23.1 Å². The molecule has 4 nitrogen and oxygen atoms in total. The van der Waals surface area contributed by atoms with Gasteiger partial charge in [-0.1, -0.05) is 50.8 Å². The van der Waals surface area contributed by atoms with Gasteiger partial charge in [0.1, 0.15) is 5.82 Å². The van der Waals surface area contributed by atoms with Gasteiger partial charge in [-0.15, -0.1) is 5.10 Å².